The SMILES string of the molecule is CC.CC(C)S(=O)(=O)N1CCC1.CCN(CC)S(=O)(=O)C(C)C. The number of rotatable bonds is 6. The first-order valence-electron chi connectivity index (χ1n) is 8.49. The van der Waals surface area contributed by atoms with Crippen LogP contribution in [-0.2, 0) is 20.0 Å². The molecule has 1 aliphatic rings. The lowest BCUT2D eigenvalue weighted by atomic mass is 10.3. The predicted molar refractivity (Wildman–Crippen MR) is 98.6 cm³/mol. The molecule has 0 aromatic heterocycles. The fraction of sp³-hybridized carbons (Fsp3) is 1.00. The van der Waals surface area contributed by atoms with Gasteiger partial charge in [0.2, 0.25) is 20.0 Å². The van der Waals surface area contributed by atoms with Crippen LogP contribution in [0.5, 0.6) is 0 Å². The van der Waals surface area contributed by atoms with Crippen LogP contribution in [0.15, 0.2) is 0 Å². The summed E-state index contributed by atoms with van der Waals surface area (Å²) in [4.78, 5) is 0. The van der Waals surface area contributed by atoms with Gasteiger partial charge in [-0.25, -0.2) is 25.4 Å². The van der Waals surface area contributed by atoms with Gasteiger partial charge in [0.25, 0.3) is 0 Å². The van der Waals surface area contributed by atoms with Gasteiger partial charge in [-0.15, -0.1) is 0 Å². The molecule has 142 valence electrons. The summed E-state index contributed by atoms with van der Waals surface area (Å²) in [5.74, 6) is 0. The van der Waals surface area contributed by atoms with E-state index in [1.807, 2.05) is 27.7 Å². The Morgan fingerprint density at radius 3 is 1.35 bits per heavy atom. The van der Waals surface area contributed by atoms with Crippen molar-refractivity contribution in [3.8, 4) is 0 Å². The second-order valence-electron chi connectivity index (χ2n) is 5.52. The Labute approximate surface area is 144 Å². The van der Waals surface area contributed by atoms with Crippen molar-refractivity contribution >= 4 is 20.0 Å². The summed E-state index contributed by atoms with van der Waals surface area (Å²) in [5.41, 5.74) is 0. The maximum atomic E-state index is 11.4. The molecule has 0 aromatic carbocycles. The average molecular weight is 373 g/mol. The second-order valence-corrected chi connectivity index (χ2v) is 10.5. The van der Waals surface area contributed by atoms with Crippen molar-refractivity contribution in [2.24, 2.45) is 0 Å². The average Bonchev–Trinajstić information content (AvgIpc) is 2.40. The van der Waals surface area contributed by atoms with E-state index in [0.717, 1.165) is 19.5 Å². The zero-order valence-corrected chi connectivity index (χ0v) is 17.7. The number of hydrogen-bond acceptors (Lipinski definition) is 4. The highest BCUT2D eigenvalue weighted by atomic mass is 32.2. The first-order chi connectivity index (χ1) is 10.5. The molecular weight excluding hydrogens is 336 g/mol. The lowest BCUT2D eigenvalue weighted by molar-refractivity contribution is 0.306. The van der Waals surface area contributed by atoms with Crippen LogP contribution >= 0.6 is 0 Å². The van der Waals surface area contributed by atoms with E-state index in [1.165, 1.54) is 8.61 Å². The van der Waals surface area contributed by atoms with Gasteiger partial charge in [0.1, 0.15) is 0 Å². The van der Waals surface area contributed by atoms with Crippen molar-refractivity contribution < 1.29 is 16.8 Å². The van der Waals surface area contributed by atoms with E-state index in [9.17, 15) is 16.8 Å². The number of sulfonamides is 2. The minimum atomic E-state index is -3.01. The van der Waals surface area contributed by atoms with Gasteiger partial charge in [-0.1, -0.05) is 27.7 Å². The Bertz CT molecular complexity index is 492. The van der Waals surface area contributed by atoms with Gasteiger partial charge in [0.15, 0.2) is 0 Å². The zero-order chi connectivity index (χ0) is 18.8. The molecule has 1 aliphatic heterocycles. The van der Waals surface area contributed by atoms with Gasteiger partial charge in [-0.3, -0.25) is 0 Å². The molecule has 0 aliphatic carbocycles. The van der Waals surface area contributed by atoms with Crippen molar-refractivity contribution in [3.63, 3.8) is 0 Å². The zero-order valence-electron chi connectivity index (χ0n) is 16.0. The summed E-state index contributed by atoms with van der Waals surface area (Å²) in [5, 5.41) is -0.560. The summed E-state index contributed by atoms with van der Waals surface area (Å²) >= 11 is 0. The maximum Gasteiger partial charge on any atom is 0.216 e. The van der Waals surface area contributed by atoms with Crippen LogP contribution in [-0.4, -0.2) is 62.1 Å². The highest BCUT2D eigenvalue weighted by molar-refractivity contribution is 7.90. The predicted octanol–water partition coefficient (Wildman–Crippen LogP) is 2.52. The molecule has 6 nitrogen and oxygen atoms in total. The largest absolute Gasteiger partial charge is 0.216 e. The van der Waals surface area contributed by atoms with Gasteiger partial charge in [0, 0.05) is 26.2 Å². The van der Waals surface area contributed by atoms with Crippen LogP contribution in [0.2, 0.25) is 0 Å². The van der Waals surface area contributed by atoms with Crippen molar-refractivity contribution in [2.45, 2.75) is 72.3 Å². The number of nitrogens with zero attached hydrogens (tertiary/aromatic N) is 2. The second kappa shape index (κ2) is 11.4. The quantitative estimate of drug-likeness (QED) is 0.718. The molecule has 0 atom stereocenters. The van der Waals surface area contributed by atoms with E-state index in [-0.39, 0.29) is 10.5 Å². The van der Waals surface area contributed by atoms with Crippen molar-refractivity contribution in [1.82, 2.24) is 8.61 Å². The summed E-state index contributed by atoms with van der Waals surface area (Å²) in [6.07, 6.45) is 1.02. The third-order valence-electron chi connectivity index (χ3n) is 3.43. The van der Waals surface area contributed by atoms with Crippen LogP contribution in [0, 0.1) is 0 Å². The van der Waals surface area contributed by atoms with Gasteiger partial charge >= 0.3 is 0 Å². The highest BCUT2D eigenvalue weighted by Crippen LogP contribution is 2.15. The van der Waals surface area contributed by atoms with E-state index in [2.05, 4.69) is 0 Å². The summed E-state index contributed by atoms with van der Waals surface area (Å²) in [6, 6.07) is 0. The fourth-order valence-corrected chi connectivity index (χ4v) is 4.40. The number of hydrogen-bond donors (Lipinski definition) is 0. The Hall–Kier alpha value is -0.180. The molecule has 23 heavy (non-hydrogen) atoms. The monoisotopic (exact) mass is 372 g/mol. The van der Waals surface area contributed by atoms with Crippen LogP contribution in [0.4, 0.5) is 0 Å². The maximum absolute atomic E-state index is 11.4. The smallest absolute Gasteiger partial charge is 0.212 e. The Balaban J connectivity index is 0. The minimum Gasteiger partial charge on any atom is -0.212 e. The van der Waals surface area contributed by atoms with Gasteiger partial charge in [-0.2, -0.15) is 0 Å². The molecule has 0 unspecified atom stereocenters. The lowest BCUT2D eigenvalue weighted by Crippen LogP contribution is -2.45. The minimum absolute atomic E-state index is 0.257. The molecule has 1 fully saturated rings. The third-order valence-corrected chi connectivity index (χ3v) is 8.14. The van der Waals surface area contributed by atoms with Gasteiger partial charge in [-0.05, 0) is 34.1 Å². The van der Waals surface area contributed by atoms with Crippen molar-refractivity contribution in [3.05, 3.63) is 0 Å². The molecule has 1 saturated heterocycles. The van der Waals surface area contributed by atoms with Crippen LogP contribution in [0.25, 0.3) is 0 Å². The summed E-state index contributed by atoms with van der Waals surface area (Å²) < 4.78 is 48.3. The van der Waals surface area contributed by atoms with E-state index < -0.39 is 20.0 Å². The normalized spacial score (nSPS) is 15.6. The van der Waals surface area contributed by atoms with Gasteiger partial charge < -0.3 is 0 Å². The molecule has 0 amide bonds. The molecule has 1 heterocycles. The first-order valence-corrected chi connectivity index (χ1v) is 11.5. The van der Waals surface area contributed by atoms with Crippen molar-refractivity contribution in [2.75, 3.05) is 26.2 Å². The van der Waals surface area contributed by atoms with Crippen LogP contribution in [0.1, 0.15) is 61.8 Å². The van der Waals surface area contributed by atoms with E-state index in [0.29, 0.717) is 13.1 Å². The van der Waals surface area contributed by atoms with Crippen LogP contribution in [0.3, 0.4) is 0 Å². The molecule has 8 heteroatoms. The van der Waals surface area contributed by atoms with E-state index >= 15 is 0 Å². The molecule has 0 saturated carbocycles. The molecule has 0 N–H and O–H groups in total. The fourth-order valence-electron chi connectivity index (χ4n) is 1.72. The van der Waals surface area contributed by atoms with Gasteiger partial charge in [0.05, 0.1) is 10.5 Å². The highest BCUT2D eigenvalue weighted by Gasteiger charge is 2.29. The molecular formula is C15H36N2O4S2. The molecule has 0 aromatic rings. The molecule has 0 radical (unpaired) electrons. The van der Waals surface area contributed by atoms with E-state index in [4.69, 9.17) is 0 Å². The van der Waals surface area contributed by atoms with E-state index in [1.54, 1.807) is 27.7 Å². The Morgan fingerprint density at radius 2 is 1.26 bits per heavy atom. The van der Waals surface area contributed by atoms with Crippen LogP contribution < -0.4 is 0 Å². The summed E-state index contributed by atoms with van der Waals surface area (Å²) in [6.45, 7) is 17.1. The Kier molecular flexibility index (Phi) is 12.4. The lowest BCUT2D eigenvalue weighted by Gasteiger charge is -2.31. The molecule has 0 spiro atoms. The summed E-state index contributed by atoms with van der Waals surface area (Å²) in [7, 11) is -5.91. The topological polar surface area (TPSA) is 74.8 Å². The van der Waals surface area contributed by atoms with Crippen molar-refractivity contribution in [1.29, 1.82) is 0 Å². The molecule has 1 rings (SSSR count). The molecule has 0 bridgehead atoms. The standard InChI is InChI=1S/C7H17NO2S.C6H13NO2S.C2H6/c1-5-8(6-2)11(9,10)7(3)4;1-6(2)10(8,9)7-4-3-5-7;1-2/h7H,5-6H2,1-4H3;6H,3-5H2,1-2H3;1-2H3. The third kappa shape index (κ3) is 7.49. The first kappa shape index (κ1) is 25.1. The Morgan fingerprint density at radius 1 is 0.870 bits per heavy atom.